The molecule has 0 heterocycles. The monoisotopic (exact) mass is 250 g/mol. The Labute approximate surface area is 91.8 Å². The predicted octanol–water partition coefficient (Wildman–Crippen LogP) is 0.310. The molecule has 0 bridgehead atoms. The van der Waals surface area contributed by atoms with Crippen LogP contribution >= 0.6 is 0 Å². The van der Waals surface area contributed by atoms with Crippen LogP contribution in [0.15, 0.2) is 23.8 Å². The zero-order valence-electron chi connectivity index (χ0n) is 8.07. The lowest BCUT2D eigenvalue weighted by Gasteiger charge is -1.94. The lowest BCUT2D eigenvalue weighted by atomic mass is 10.3. The van der Waals surface area contributed by atoms with Gasteiger partial charge in [0, 0.05) is 0 Å². The van der Waals surface area contributed by atoms with Crippen LogP contribution in [0.2, 0.25) is 0 Å². The third-order valence-electron chi connectivity index (χ3n) is 1.18. The topological polar surface area (TPSA) is 118 Å². The summed E-state index contributed by atoms with van der Waals surface area (Å²) in [6.45, 7) is 0. The molecule has 0 atom stereocenters. The molecule has 16 heavy (non-hydrogen) atoms. The summed E-state index contributed by atoms with van der Waals surface area (Å²) in [4.78, 5) is 20.8. The first-order valence-corrected chi connectivity index (χ1v) is 5.53. The number of carbonyl (C=O) groups excluding carboxylic acids is 1. The van der Waals surface area contributed by atoms with E-state index in [1.54, 1.807) is 0 Å². The Hall–Kier alpha value is -1.67. The van der Waals surface area contributed by atoms with Crippen LogP contribution in [-0.2, 0) is 24.4 Å². The van der Waals surface area contributed by atoms with Crippen molar-refractivity contribution in [2.45, 2.75) is 12.8 Å². The van der Waals surface area contributed by atoms with Crippen molar-refractivity contribution in [1.29, 1.82) is 0 Å². The maximum Gasteiger partial charge on any atom is 0.311 e. The van der Waals surface area contributed by atoms with Gasteiger partial charge in [0.15, 0.2) is 0 Å². The minimum Gasteiger partial charge on any atom is -0.481 e. The van der Waals surface area contributed by atoms with Gasteiger partial charge in [0.1, 0.15) is 0 Å². The number of rotatable bonds is 6. The van der Waals surface area contributed by atoms with E-state index in [0.717, 1.165) is 18.4 Å². The second-order valence-corrected chi connectivity index (χ2v) is 3.86. The van der Waals surface area contributed by atoms with Crippen LogP contribution in [0.4, 0.5) is 0 Å². The number of allylic oxidation sites excluding steroid dienone is 2. The Morgan fingerprint density at radius 3 is 2.31 bits per heavy atom. The van der Waals surface area contributed by atoms with Gasteiger partial charge in [0.25, 0.3) is 10.1 Å². The number of ether oxygens (including phenoxy) is 1. The SMILES string of the molecule is O=C(O)CCC(=O)OC=CC=CS(=O)(=O)O. The molecule has 0 radical (unpaired) electrons. The van der Waals surface area contributed by atoms with Crippen LogP contribution in [0, 0.1) is 0 Å². The van der Waals surface area contributed by atoms with Crippen LogP contribution in [0.3, 0.4) is 0 Å². The molecule has 0 aromatic heterocycles. The van der Waals surface area contributed by atoms with Crippen molar-refractivity contribution < 1.29 is 32.4 Å². The highest BCUT2D eigenvalue weighted by molar-refractivity contribution is 7.88. The van der Waals surface area contributed by atoms with Crippen molar-refractivity contribution in [2.75, 3.05) is 0 Å². The molecule has 0 aliphatic rings. The van der Waals surface area contributed by atoms with Crippen molar-refractivity contribution in [2.24, 2.45) is 0 Å². The smallest absolute Gasteiger partial charge is 0.311 e. The zero-order valence-corrected chi connectivity index (χ0v) is 8.88. The van der Waals surface area contributed by atoms with Crippen LogP contribution in [0.5, 0.6) is 0 Å². The highest BCUT2D eigenvalue weighted by Crippen LogP contribution is 1.94. The van der Waals surface area contributed by atoms with Gasteiger partial charge in [-0.15, -0.1) is 0 Å². The van der Waals surface area contributed by atoms with E-state index < -0.39 is 22.1 Å². The van der Waals surface area contributed by atoms with Gasteiger partial charge in [-0.05, 0) is 12.2 Å². The summed E-state index contributed by atoms with van der Waals surface area (Å²) in [5.74, 6) is -1.87. The predicted molar refractivity (Wildman–Crippen MR) is 52.8 cm³/mol. The van der Waals surface area contributed by atoms with E-state index in [0.29, 0.717) is 5.41 Å². The molecule has 7 nitrogen and oxygen atoms in total. The number of hydrogen-bond donors (Lipinski definition) is 2. The second-order valence-electron chi connectivity index (χ2n) is 2.56. The van der Waals surface area contributed by atoms with Gasteiger partial charge in [0.05, 0.1) is 24.5 Å². The molecule has 0 aromatic carbocycles. The van der Waals surface area contributed by atoms with Gasteiger partial charge < -0.3 is 9.84 Å². The summed E-state index contributed by atoms with van der Waals surface area (Å²) in [5, 5.41) is 8.72. The molecule has 8 heteroatoms. The number of carbonyl (C=O) groups is 2. The van der Waals surface area contributed by atoms with Crippen LogP contribution in [0.1, 0.15) is 12.8 Å². The molecule has 0 saturated heterocycles. The molecule has 0 saturated carbocycles. The molecule has 90 valence electrons. The first kappa shape index (κ1) is 14.3. The fraction of sp³-hybridized carbons (Fsp3) is 0.250. The standard InChI is InChI=1S/C8H10O7S/c9-7(10)3-4-8(11)15-5-1-2-6-16(12,13)14/h1-2,5-6H,3-4H2,(H,9,10)(H,12,13,14). The quantitative estimate of drug-likeness (QED) is 0.301. The molecule has 0 spiro atoms. The molecular formula is C8H10O7S. The van der Waals surface area contributed by atoms with Gasteiger partial charge in [-0.25, -0.2) is 0 Å². The minimum absolute atomic E-state index is 0.276. The summed E-state index contributed by atoms with van der Waals surface area (Å²) in [6.07, 6.45) is 2.27. The maximum absolute atomic E-state index is 10.8. The normalized spacial score (nSPS) is 12.1. The molecule has 0 aromatic rings. The van der Waals surface area contributed by atoms with Gasteiger partial charge in [-0.1, -0.05) is 0 Å². The number of carboxylic acid groups (broad SMARTS) is 1. The molecule has 0 aliphatic carbocycles. The fourth-order valence-corrected chi connectivity index (χ4v) is 0.862. The van der Waals surface area contributed by atoms with Gasteiger partial charge in [0.2, 0.25) is 0 Å². The summed E-state index contributed by atoms with van der Waals surface area (Å²) in [5.41, 5.74) is 0. The van der Waals surface area contributed by atoms with E-state index in [1.807, 2.05) is 0 Å². The molecule has 0 rings (SSSR count). The van der Waals surface area contributed by atoms with Crippen LogP contribution < -0.4 is 0 Å². The molecule has 0 amide bonds. The Morgan fingerprint density at radius 2 is 1.81 bits per heavy atom. The fourth-order valence-electron chi connectivity index (χ4n) is 0.573. The van der Waals surface area contributed by atoms with Gasteiger partial charge in [-0.2, -0.15) is 8.42 Å². The summed E-state index contributed by atoms with van der Waals surface area (Å²) < 4.78 is 33.0. The third-order valence-corrected chi connectivity index (χ3v) is 1.68. The summed E-state index contributed by atoms with van der Waals surface area (Å²) in [6, 6.07) is 0. The number of esters is 1. The maximum atomic E-state index is 10.8. The van der Waals surface area contributed by atoms with Crippen LogP contribution in [0.25, 0.3) is 0 Å². The first-order valence-electron chi connectivity index (χ1n) is 4.03. The highest BCUT2D eigenvalue weighted by atomic mass is 32.2. The summed E-state index contributed by atoms with van der Waals surface area (Å²) in [7, 11) is -4.20. The van der Waals surface area contributed by atoms with E-state index in [2.05, 4.69) is 4.74 Å². The molecule has 0 fully saturated rings. The lowest BCUT2D eigenvalue weighted by Crippen LogP contribution is -2.03. The molecular weight excluding hydrogens is 240 g/mol. The Morgan fingerprint density at radius 1 is 1.19 bits per heavy atom. The first-order chi connectivity index (χ1) is 7.31. The largest absolute Gasteiger partial charge is 0.481 e. The third kappa shape index (κ3) is 10.4. The van der Waals surface area contributed by atoms with Crippen LogP contribution in [-0.4, -0.2) is 30.0 Å². The Balaban J connectivity index is 3.89. The van der Waals surface area contributed by atoms with E-state index in [9.17, 15) is 18.0 Å². The highest BCUT2D eigenvalue weighted by Gasteiger charge is 2.04. The number of hydrogen-bond acceptors (Lipinski definition) is 5. The van der Waals surface area contributed by atoms with Gasteiger partial charge in [-0.3, -0.25) is 14.1 Å². The van der Waals surface area contributed by atoms with E-state index >= 15 is 0 Å². The minimum atomic E-state index is -4.20. The van der Waals surface area contributed by atoms with E-state index in [-0.39, 0.29) is 12.8 Å². The van der Waals surface area contributed by atoms with Crippen molar-refractivity contribution in [3.8, 4) is 0 Å². The van der Waals surface area contributed by atoms with Gasteiger partial charge >= 0.3 is 11.9 Å². The van der Waals surface area contributed by atoms with Crippen molar-refractivity contribution >= 4 is 22.1 Å². The summed E-state index contributed by atoms with van der Waals surface area (Å²) >= 11 is 0. The Bertz CT molecular complexity index is 404. The van der Waals surface area contributed by atoms with Crippen molar-refractivity contribution in [3.05, 3.63) is 23.8 Å². The lowest BCUT2D eigenvalue weighted by molar-refractivity contribution is -0.144. The van der Waals surface area contributed by atoms with Crippen molar-refractivity contribution in [1.82, 2.24) is 0 Å². The van der Waals surface area contributed by atoms with Crippen molar-refractivity contribution in [3.63, 3.8) is 0 Å². The number of aliphatic carboxylic acids is 1. The van der Waals surface area contributed by atoms with E-state index in [4.69, 9.17) is 9.66 Å². The molecule has 0 unspecified atom stereocenters. The molecule has 2 N–H and O–H groups in total. The Kier molecular flexibility index (Phi) is 6.04. The van der Waals surface area contributed by atoms with E-state index in [1.165, 1.54) is 0 Å². The second kappa shape index (κ2) is 6.75. The average Bonchev–Trinajstić information content (AvgIpc) is 2.12. The molecule has 0 aliphatic heterocycles. The zero-order chi connectivity index (χ0) is 12.6. The average molecular weight is 250 g/mol. The number of carboxylic acids is 1.